The summed E-state index contributed by atoms with van der Waals surface area (Å²) in [4.78, 5) is 24.8. The lowest BCUT2D eigenvalue weighted by Crippen LogP contribution is -2.63. The van der Waals surface area contributed by atoms with Gasteiger partial charge in [-0.25, -0.2) is 8.42 Å². The number of piperazine rings is 1. The van der Waals surface area contributed by atoms with Crippen LogP contribution in [-0.2, 0) is 19.4 Å². The molecular formula is C10H16N2O4S. The van der Waals surface area contributed by atoms with Crippen molar-refractivity contribution >= 4 is 21.7 Å². The van der Waals surface area contributed by atoms with Crippen molar-refractivity contribution in [1.82, 2.24) is 10.2 Å². The maximum atomic E-state index is 12.0. The van der Waals surface area contributed by atoms with Crippen molar-refractivity contribution in [3.05, 3.63) is 0 Å². The summed E-state index contributed by atoms with van der Waals surface area (Å²) in [7, 11) is -3.09. The molecule has 2 aliphatic rings. The van der Waals surface area contributed by atoms with Crippen LogP contribution >= 0.6 is 0 Å². The molecule has 2 amide bonds. The monoisotopic (exact) mass is 260 g/mol. The maximum Gasteiger partial charge on any atom is 0.245 e. The molecule has 6 nitrogen and oxygen atoms in total. The molecule has 0 aromatic rings. The van der Waals surface area contributed by atoms with Crippen LogP contribution in [0.5, 0.6) is 0 Å². The van der Waals surface area contributed by atoms with Gasteiger partial charge in [0.2, 0.25) is 11.8 Å². The Morgan fingerprint density at radius 3 is 2.59 bits per heavy atom. The highest BCUT2D eigenvalue weighted by molar-refractivity contribution is 7.91. The number of carbonyl (C=O) groups is 2. The summed E-state index contributed by atoms with van der Waals surface area (Å²) in [6.45, 7) is 3.30. The van der Waals surface area contributed by atoms with Crippen LogP contribution in [-0.4, -0.2) is 54.8 Å². The molecule has 2 aliphatic heterocycles. The Morgan fingerprint density at radius 1 is 1.41 bits per heavy atom. The fourth-order valence-electron chi connectivity index (χ4n) is 2.47. The van der Waals surface area contributed by atoms with E-state index >= 15 is 0 Å². The van der Waals surface area contributed by atoms with E-state index in [1.54, 1.807) is 13.8 Å². The first kappa shape index (κ1) is 12.3. The molecule has 96 valence electrons. The third kappa shape index (κ3) is 2.15. The Labute approximate surface area is 100 Å². The van der Waals surface area contributed by atoms with Gasteiger partial charge in [0.05, 0.1) is 17.0 Å². The third-order valence-electron chi connectivity index (χ3n) is 3.45. The third-order valence-corrected chi connectivity index (χ3v) is 5.34. The number of rotatable bonds is 1. The molecular weight excluding hydrogens is 244 g/mol. The maximum absolute atomic E-state index is 12.0. The highest BCUT2D eigenvalue weighted by Crippen LogP contribution is 2.30. The molecule has 2 fully saturated rings. The van der Waals surface area contributed by atoms with Gasteiger partial charge in [0.15, 0.2) is 9.84 Å². The number of carbonyl (C=O) groups excluding carboxylic acids is 2. The molecule has 0 aromatic carbocycles. The molecule has 1 N–H and O–H groups in total. The van der Waals surface area contributed by atoms with Gasteiger partial charge in [0, 0.05) is 0 Å². The van der Waals surface area contributed by atoms with E-state index in [1.165, 1.54) is 4.90 Å². The van der Waals surface area contributed by atoms with Crippen LogP contribution in [0.4, 0.5) is 0 Å². The van der Waals surface area contributed by atoms with Crippen molar-refractivity contribution < 1.29 is 18.0 Å². The van der Waals surface area contributed by atoms with Crippen molar-refractivity contribution in [2.24, 2.45) is 0 Å². The minimum Gasteiger partial charge on any atom is -0.343 e. The van der Waals surface area contributed by atoms with Crippen molar-refractivity contribution in [3.63, 3.8) is 0 Å². The smallest absolute Gasteiger partial charge is 0.245 e. The minimum absolute atomic E-state index is 0.0464. The molecule has 2 heterocycles. The Hall–Kier alpha value is -1.11. The van der Waals surface area contributed by atoms with Gasteiger partial charge in [0.1, 0.15) is 12.6 Å². The SMILES string of the molecule is CC1NC(=O)CN(C2(C)CCS(=O)(=O)C2)C1=O. The van der Waals surface area contributed by atoms with Gasteiger partial charge in [-0.05, 0) is 20.3 Å². The molecule has 17 heavy (non-hydrogen) atoms. The first-order valence-electron chi connectivity index (χ1n) is 5.55. The summed E-state index contributed by atoms with van der Waals surface area (Å²) in [5.74, 6) is -0.401. The van der Waals surface area contributed by atoms with Crippen LogP contribution in [0, 0.1) is 0 Å². The van der Waals surface area contributed by atoms with E-state index in [0.29, 0.717) is 6.42 Å². The first-order chi connectivity index (χ1) is 7.73. The number of hydrogen-bond acceptors (Lipinski definition) is 4. The molecule has 0 radical (unpaired) electrons. The van der Waals surface area contributed by atoms with E-state index in [4.69, 9.17) is 0 Å². The Bertz CT molecular complexity index is 473. The lowest BCUT2D eigenvalue weighted by molar-refractivity contribution is -0.148. The molecule has 0 saturated carbocycles. The van der Waals surface area contributed by atoms with E-state index in [1.807, 2.05) is 0 Å². The van der Waals surface area contributed by atoms with Crippen molar-refractivity contribution in [1.29, 1.82) is 0 Å². The van der Waals surface area contributed by atoms with E-state index in [0.717, 1.165) is 0 Å². The number of nitrogens with zero attached hydrogens (tertiary/aromatic N) is 1. The van der Waals surface area contributed by atoms with Crippen molar-refractivity contribution in [2.75, 3.05) is 18.1 Å². The van der Waals surface area contributed by atoms with Gasteiger partial charge in [-0.15, -0.1) is 0 Å². The van der Waals surface area contributed by atoms with Gasteiger partial charge < -0.3 is 10.2 Å². The largest absolute Gasteiger partial charge is 0.343 e. The summed E-state index contributed by atoms with van der Waals surface area (Å²) in [5, 5.41) is 2.54. The van der Waals surface area contributed by atoms with Crippen LogP contribution in [0.2, 0.25) is 0 Å². The van der Waals surface area contributed by atoms with Crippen LogP contribution in [0.3, 0.4) is 0 Å². The van der Waals surface area contributed by atoms with Crippen LogP contribution in [0.1, 0.15) is 20.3 Å². The van der Waals surface area contributed by atoms with Gasteiger partial charge in [0.25, 0.3) is 0 Å². The predicted octanol–water partition coefficient (Wildman–Crippen LogP) is -1.09. The van der Waals surface area contributed by atoms with Gasteiger partial charge in [-0.1, -0.05) is 0 Å². The van der Waals surface area contributed by atoms with E-state index in [-0.39, 0.29) is 29.9 Å². The molecule has 0 aromatic heterocycles. The lowest BCUT2D eigenvalue weighted by Gasteiger charge is -2.41. The zero-order valence-electron chi connectivity index (χ0n) is 9.89. The molecule has 7 heteroatoms. The molecule has 2 atom stereocenters. The summed E-state index contributed by atoms with van der Waals surface area (Å²) in [6.07, 6.45) is 0.404. The standard InChI is InChI=1S/C10H16N2O4S/c1-7-9(14)12(5-8(13)11-7)10(2)3-4-17(15,16)6-10/h7H,3-6H2,1-2H3,(H,11,13). The van der Waals surface area contributed by atoms with Gasteiger partial charge >= 0.3 is 0 Å². The Kier molecular flexibility index (Phi) is 2.68. The fourth-order valence-corrected chi connectivity index (χ4v) is 4.61. The summed E-state index contributed by atoms with van der Waals surface area (Å²) >= 11 is 0. The molecule has 2 rings (SSSR count). The average Bonchev–Trinajstić information content (AvgIpc) is 2.48. The average molecular weight is 260 g/mol. The molecule has 0 aliphatic carbocycles. The second-order valence-corrected chi connectivity index (χ2v) is 7.24. The summed E-state index contributed by atoms with van der Waals surface area (Å²) in [6, 6.07) is -0.573. The normalized spacial score (nSPS) is 37.1. The Balaban J connectivity index is 2.27. The zero-order chi connectivity index (χ0) is 12.8. The number of nitrogens with one attached hydrogen (secondary N) is 1. The molecule has 0 spiro atoms. The van der Waals surface area contributed by atoms with Crippen LogP contribution in [0.15, 0.2) is 0 Å². The fraction of sp³-hybridized carbons (Fsp3) is 0.800. The molecule has 2 unspecified atom stereocenters. The van der Waals surface area contributed by atoms with Gasteiger partial charge in [-0.3, -0.25) is 9.59 Å². The second-order valence-electron chi connectivity index (χ2n) is 5.05. The Morgan fingerprint density at radius 2 is 2.06 bits per heavy atom. The molecule has 2 saturated heterocycles. The topological polar surface area (TPSA) is 83.6 Å². The van der Waals surface area contributed by atoms with Crippen molar-refractivity contribution in [3.8, 4) is 0 Å². The van der Waals surface area contributed by atoms with Crippen molar-refractivity contribution in [2.45, 2.75) is 31.8 Å². The predicted molar refractivity (Wildman–Crippen MR) is 61.0 cm³/mol. The summed E-state index contributed by atoms with van der Waals surface area (Å²) in [5.41, 5.74) is -0.734. The summed E-state index contributed by atoms with van der Waals surface area (Å²) < 4.78 is 23.0. The van der Waals surface area contributed by atoms with Gasteiger partial charge in [-0.2, -0.15) is 0 Å². The zero-order valence-corrected chi connectivity index (χ0v) is 10.7. The highest BCUT2D eigenvalue weighted by Gasteiger charge is 2.47. The highest BCUT2D eigenvalue weighted by atomic mass is 32.2. The van der Waals surface area contributed by atoms with E-state index < -0.39 is 21.4 Å². The number of sulfone groups is 1. The number of amides is 2. The van der Waals surface area contributed by atoms with E-state index in [2.05, 4.69) is 5.32 Å². The lowest BCUT2D eigenvalue weighted by atomic mass is 9.97. The molecule has 0 bridgehead atoms. The van der Waals surface area contributed by atoms with Crippen LogP contribution < -0.4 is 5.32 Å². The van der Waals surface area contributed by atoms with Crippen LogP contribution in [0.25, 0.3) is 0 Å². The minimum atomic E-state index is -3.09. The first-order valence-corrected chi connectivity index (χ1v) is 7.37. The second kappa shape index (κ2) is 3.69. The van der Waals surface area contributed by atoms with E-state index in [9.17, 15) is 18.0 Å². The quantitative estimate of drug-likeness (QED) is 0.649. The number of hydrogen-bond donors (Lipinski definition) is 1.